The molecule has 0 saturated carbocycles. The number of aryl methyl sites for hydroxylation is 1. The highest BCUT2D eigenvalue weighted by molar-refractivity contribution is 5.93. The molecule has 2 heterocycles. The van der Waals surface area contributed by atoms with Gasteiger partial charge in [0.25, 0.3) is 0 Å². The average Bonchev–Trinajstić information content (AvgIpc) is 2.64. The summed E-state index contributed by atoms with van der Waals surface area (Å²) in [5, 5.41) is 3.07. The van der Waals surface area contributed by atoms with E-state index in [4.69, 9.17) is 4.74 Å². The molecule has 1 N–H and O–H groups in total. The van der Waals surface area contributed by atoms with Crippen molar-refractivity contribution in [2.45, 2.75) is 38.7 Å². The van der Waals surface area contributed by atoms with Gasteiger partial charge in [-0.2, -0.15) is 0 Å². The minimum absolute atomic E-state index is 0.0879. The monoisotopic (exact) mass is 345 g/mol. The highest BCUT2D eigenvalue weighted by Crippen LogP contribution is 2.16. The van der Waals surface area contributed by atoms with Crippen LogP contribution in [0.4, 0.5) is 5.69 Å². The number of rotatable bonds is 6. The zero-order chi connectivity index (χ0) is 17.5. The maximum absolute atomic E-state index is 12.4. The lowest BCUT2D eigenvalue weighted by molar-refractivity contribution is -0.117. The predicted octanol–water partition coefficient (Wildman–Crippen LogP) is 2.37. The van der Waals surface area contributed by atoms with Gasteiger partial charge in [0.1, 0.15) is 0 Å². The van der Waals surface area contributed by atoms with Gasteiger partial charge < -0.3 is 10.1 Å². The lowest BCUT2D eigenvalue weighted by atomic mass is 10.1. The second-order valence-corrected chi connectivity index (χ2v) is 7.12. The Bertz CT molecular complexity index is 550. The molecule has 138 valence electrons. The quantitative estimate of drug-likeness (QED) is 0.860. The van der Waals surface area contributed by atoms with Crippen molar-refractivity contribution in [3.05, 3.63) is 29.8 Å². The third-order valence-electron chi connectivity index (χ3n) is 5.24. The van der Waals surface area contributed by atoms with Gasteiger partial charge in [-0.05, 0) is 37.3 Å². The molecule has 2 fully saturated rings. The molecule has 5 nitrogen and oxygen atoms in total. The van der Waals surface area contributed by atoms with Crippen molar-refractivity contribution in [3.63, 3.8) is 0 Å². The first-order chi connectivity index (χ1) is 12.2. The second kappa shape index (κ2) is 9.32. The van der Waals surface area contributed by atoms with Crippen LogP contribution < -0.4 is 5.32 Å². The Balaban J connectivity index is 1.40. The fourth-order valence-electron chi connectivity index (χ4n) is 3.71. The SMILES string of the molecule is CCc1ccccc1NC(=O)CN1CCN(C[C@@H]2CCCCO2)CC1. The summed E-state index contributed by atoms with van der Waals surface area (Å²) in [5.41, 5.74) is 2.14. The minimum Gasteiger partial charge on any atom is -0.377 e. The summed E-state index contributed by atoms with van der Waals surface area (Å²) in [6.45, 7) is 8.52. The van der Waals surface area contributed by atoms with Crippen LogP contribution in [-0.2, 0) is 16.0 Å². The van der Waals surface area contributed by atoms with Crippen LogP contribution >= 0.6 is 0 Å². The molecule has 5 heteroatoms. The number of ether oxygens (including phenoxy) is 1. The van der Waals surface area contributed by atoms with E-state index in [0.717, 1.165) is 51.4 Å². The van der Waals surface area contributed by atoms with E-state index in [1.54, 1.807) is 0 Å². The van der Waals surface area contributed by atoms with Crippen molar-refractivity contribution in [1.82, 2.24) is 9.80 Å². The van der Waals surface area contributed by atoms with Crippen LogP contribution in [0.5, 0.6) is 0 Å². The molecule has 2 aliphatic heterocycles. The van der Waals surface area contributed by atoms with E-state index in [9.17, 15) is 4.79 Å². The summed E-state index contributed by atoms with van der Waals surface area (Å²) in [6.07, 6.45) is 5.04. The van der Waals surface area contributed by atoms with Crippen molar-refractivity contribution >= 4 is 11.6 Å². The Morgan fingerprint density at radius 1 is 1.16 bits per heavy atom. The Morgan fingerprint density at radius 3 is 2.64 bits per heavy atom. The molecule has 3 rings (SSSR count). The van der Waals surface area contributed by atoms with Gasteiger partial charge in [0.15, 0.2) is 0 Å². The molecule has 1 aromatic rings. The minimum atomic E-state index is 0.0879. The van der Waals surface area contributed by atoms with Crippen LogP contribution in [0, 0.1) is 0 Å². The zero-order valence-electron chi connectivity index (χ0n) is 15.4. The van der Waals surface area contributed by atoms with Gasteiger partial charge in [0.2, 0.25) is 5.91 Å². The molecule has 0 bridgehead atoms. The number of piperazine rings is 1. The van der Waals surface area contributed by atoms with Gasteiger partial charge in [-0.25, -0.2) is 0 Å². The lowest BCUT2D eigenvalue weighted by Gasteiger charge is -2.36. The van der Waals surface area contributed by atoms with Crippen LogP contribution in [0.2, 0.25) is 0 Å². The molecule has 1 atom stereocenters. The van der Waals surface area contributed by atoms with Gasteiger partial charge in [-0.3, -0.25) is 14.6 Å². The predicted molar refractivity (Wildman–Crippen MR) is 101 cm³/mol. The third kappa shape index (κ3) is 5.53. The number of benzene rings is 1. The Kier molecular flexibility index (Phi) is 6.84. The summed E-state index contributed by atoms with van der Waals surface area (Å²) >= 11 is 0. The van der Waals surface area contributed by atoms with Crippen LogP contribution in [0.25, 0.3) is 0 Å². The van der Waals surface area contributed by atoms with Crippen LogP contribution in [0.15, 0.2) is 24.3 Å². The molecule has 0 aromatic heterocycles. The summed E-state index contributed by atoms with van der Waals surface area (Å²) in [7, 11) is 0. The normalized spacial score (nSPS) is 22.7. The van der Waals surface area contributed by atoms with Gasteiger partial charge in [-0.1, -0.05) is 25.1 Å². The smallest absolute Gasteiger partial charge is 0.238 e. The summed E-state index contributed by atoms with van der Waals surface area (Å²) in [4.78, 5) is 17.1. The Morgan fingerprint density at radius 2 is 1.92 bits per heavy atom. The highest BCUT2D eigenvalue weighted by Gasteiger charge is 2.23. The maximum Gasteiger partial charge on any atom is 0.238 e. The fourth-order valence-corrected chi connectivity index (χ4v) is 3.71. The first-order valence-corrected chi connectivity index (χ1v) is 9.68. The van der Waals surface area contributed by atoms with Crippen LogP contribution in [-0.4, -0.2) is 67.7 Å². The van der Waals surface area contributed by atoms with Crippen molar-refractivity contribution in [1.29, 1.82) is 0 Å². The number of amides is 1. The lowest BCUT2D eigenvalue weighted by Crippen LogP contribution is -2.50. The van der Waals surface area contributed by atoms with Crippen LogP contribution in [0.3, 0.4) is 0 Å². The van der Waals surface area contributed by atoms with Gasteiger partial charge >= 0.3 is 0 Å². The molecule has 0 aliphatic carbocycles. The average molecular weight is 345 g/mol. The Hall–Kier alpha value is -1.43. The van der Waals surface area contributed by atoms with Crippen LogP contribution in [0.1, 0.15) is 31.7 Å². The summed E-state index contributed by atoms with van der Waals surface area (Å²) < 4.78 is 5.84. The van der Waals surface area contributed by atoms with Crippen molar-refractivity contribution < 1.29 is 9.53 Å². The molecule has 0 spiro atoms. The molecule has 2 saturated heterocycles. The second-order valence-electron chi connectivity index (χ2n) is 7.12. The molecular formula is C20H31N3O2. The number of anilines is 1. The van der Waals surface area contributed by atoms with E-state index in [2.05, 4.69) is 28.1 Å². The van der Waals surface area contributed by atoms with E-state index in [-0.39, 0.29) is 5.91 Å². The fraction of sp³-hybridized carbons (Fsp3) is 0.650. The van der Waals surface area contributed by atoms with Gasteiger partial charge in [0.05, 0.1) is 12.6 Å². The standard InChI is InChI=1S/C20H31N3O2/c1-2-17-7-3-4-9-19(17)21-20(24)16-23-12-10-22(11-13-23)15-18-8-5-6-14-25-18/h3-4,7,9,18H,2,5-6,8,10-16H2,1H3,(H,21,24)/t18-/m0/s1. The van der Waals surface area contributed by atoms with E-state index >= 15 is 0 Å². The first-order valence-electron chi connectivity index (χ1n) is 9.68. The molecule has 0 unspecified atom stereocenters. The molecule has 1 aromatic carbocycles. The van der Waals surface area contributed by atoms with Gasteiger partial charge in [-0.15, -0.1) is 0 Å². The molecule has 25 heavy (non-hydrogen) atoms. The van der Waals surface area contributed by atoms with Crippen molar-refractivity contribution in [2.75, 3.05) is 51.2 Å². The van der Waals surface area contributed by atoms with E-state index in [0.29, 0.717) is 12.6 Å². The van der Waals surface area contributed by atoms with E-state index < -0.39 is 0 Å². The van der Waals surface area contributed by atoms with E-state index in [1.807, 2.05) is 18.2 Å². The summed E-state index contributed by atoms with van der Waals surface area (Å²) in [5.74, 6) is 0.0879. The molecule has 1 amide bonds. The van der Waals surface area contributed by atoms with Gasteiger partial charge in [0, 0.05) is 45.0 Å². The highest BCUT2D eigenvalue weighted by atomic mass is 16.5. The molecular weight excluding hydrogens is 314 g/mol. The number of carbonyl (C=O) groups is 1. The first kappa shape index (κ1) is 18.4. The topological polar surface area (TPSA) is 44.8 Å². The number of para-hydroxylation sites is 1. The zero-order valence-corrected chi connectivity index (χ0v) is 15.4. The Labute approximate surface area is 151 Å². The van der Waals surface area contributed by atoms with Crippen molar-refractivity contribution in [3.8, 4) is 0 Å². The number of nitrogens with zero attached hydrogens (tertiary/aromatic N) is 2. The maximum atomic E-state index is 12.4. The number of carbonyl (C=O) groups excluding carboxylic acids is 1. The number of nitrogens with one attached hydrogen (secondary N) is 1. The largest absolute Gasteiger partial charge is 0.377 e. The number of hydrogen-bond acceptors (Lipinski definition) is 4. The molecule has 2 aliphatic rings. The summed E-state index contributed by atoms with van der Waals surface area (Å²) in [6, 6.07) is 8.05. The van der Waals surface area contributed by atoms with E-state index in [1.165, 1.54) is 24.8 Å². The third-order valence-corrected chi connectivity index (χ3v) is 5.24. The number of hydrogen-bond donors (Lipinski definition) is 1. The van der Waals surface area contributed by atoms with Crippen molar-refractivity contribution in [2.24, 2.45) is 0 Å². The molecule has 0 radical (unpaired) electrons.